The SMILES string of the molecule is CCCN=c1scc(C2(c3ccc4ccccc4c3)CCC2)n1CCC. The number of nitrogens with zero attached hydrogens (tertiary/aromatic N) is 2. The van der Waals surface area contributed by atoms with E-state index in [9.17, 15) is 0 Å². The molecule has 1 aromatic heterocycles. The highest BCUT2D eigenvalue weighted by Crippen LogP contribution is 2.49. The van der Waals surface area contributed by atoms with E-state index in [2.05, 4.69) is 66.3 Å². The highest BCUT2D eigenvalue weighted by Gasteiger charge is 2.42. The molecule has 1 heterocycles. The molecule has 0 atom stereocenters. The number of thiazole rings is 1. The summed E-state index contributed by atoms with van der Waals surface area (Å²) in [5.74, 6) is 0. The van der Waals surface area contributed by atoms with Gasteiger partial charge in [-0.2, -0.15) is 0 Å². The van der Waals surface area contributed by atoms with Crippen LogP contribution in [-0.2, 0) is 12.0 Å². The Hall–Kier alpha value is -1.87. The Bertz CT molecular complexity index is 959. The molecule has 1 saturated carbocycles. The van der Waals surface area contributed by atoms with E-state index >= 15 is 0 Å². The number of hydrogen-bond donors (Lipinski definition) is 0. The van der Waals surface area contributed by atoms with Gasteiger partial charge in [0.15, 0.2) is 4.80 Å². The maximum absolute atomic E-state index is 4.86. The Morgan fingerprint density at radius 3 is 2.54 bits per heavy atom. The van der Waals surface area contributed by atoms with Gasteiger partial charge in [0.2, 0.25) is 0 Å². The summed E-state index contributed by atoms with van der Waals surface area (Å²) in [5, 5.41) is 5.07. The first-order valence-electron chi connectivity index (χ1n) is 9.97. The van der Waals surface area contributed by atoms with Crippen LogP contribution in [0.2, 0.25) is 0 Å². The molecule has 0 amide bonds. The molecule has 26 heavy (non-hydrogen) atoms. The van der Waals surface area contributed by atoms with Crippen molar-refractivity contribution in [2.24, 2.45) is 4.99 Å². The molecule has 4 rings (SSSR count). The highest BCUT2D eigenvalue weighted by atomic mass is 32.1. The Labute approximate surface area is 160 Å². The molecule has 0 N–H and O–H groups in total. The topological polar surface area (TPSA) is 17.3 Å². The molecule has 0 unspecified atom stereocenters. The average Bonchev–Trinajstić information content (AvgIpc) is 3.02. The number of benzene rings is 2. The Morgan fingerprint density at radius 2 is 1.85 bits per heavy atom. The van der Waals surface area contributed by atoms with Crippen LogP contribution in [0.25, 0.3) is 10.8 Å². The van der Waals surface area contributed by atoms with Crippen molar-refractivity contribution in [2.45, 2.75) is 57.9 Å². The van der Waals surface area contributed by atoms with E-state index in [1.54, 1.807) is 0 Å². The number of aromatic nitrogens is 1. The molecule has 3 heteroatoms. The molecule has 1 aliphatic carbocycles. The first kappa shape index (κ1) is 17.5. The van der Waals surface area contributed by atoms with Gasteiger partial charge in [-0.15, -0.1) is 11.3 Å². The van der Waals surface area contributed by atoms with Crippen molar-refractivity contribution in [3.8, 4) is 0 Å². The van der Waals surface area contributed by atoms with Gasteiger partial charge in [-0.05, 0) is 42.0 Å². The maximum Gasteiger partial charge on any atom is 0.184 e. The van der Waals surface area contributed by atoms with Gasteiger partial charge in [-0.25, -0.2) is 0 Å². The van der Waals surface area contributed by atoms with Crippen LogP contribution in [0, 0.1) is 0 Å². The molecule has 0 saturated heterocycles. The molecule has 0 aliphatic heterocycles. The predicted molar refractivity (Wildman–Crippen MR) is 112 cm³/mol. The molecule has 3 aromatic rings. The summed E-state index contributed by atoms with van der Waals surface area (Å²) in [6.07, 6.45) is 6.07. The average molecular weight is 365 g/mol. The molecule has 2 aromatic carbocycles. The van der Waals surface area contributed by atoms with Crippen molar-refractivity contribution in [1.29, 1.82) is 0 Å². The number of rotatable bonds is 6. The van der Waals surface area contributed by atoms with Crippen LogP contribution in [0.15, 0.2) is 52.8 Å². The first-order valence-corrected chi connectivity index (χ1v) is 10.8. The minimum absolute atomic E-state index is 0.176. The van der Waals surface area contributed by atoms with Crippen LogP contribution in [0.5, 0.6) is 0 Å². The van der Waals surface area contributed by atoms with Crippen LogP contribution >= 0.6 is 11.3 Å². The van der Waals surface area contributed by atoms with E-state index in [1.165, 1.54) is 46.1 Å². The number of hydrogen-bond acceptors (Lipinski definition) is 2. The zero-order chi connectivity index (χ0) is 18.0. The largest absolute Gasteiger partial charge is 0.320 e. The fourth-order valence-electron chi connectivity index (χ4n) is 4.19. The van der Waals surface area contributed by atoms with Gasteiger partial charge in [0.1, 0.15) is 0 Å². The molecule has 0 bridgehead atoms. The molecular formula is C23H28N2S. The van der Waals surface area contributed by atoms with Crippen LogP contribution in [0.3, 0.4) is 0 Å². The summed E-state index contributed by atoms with van der Waals surface area (Å²) < 4.78 is 2.51. The van der Waals surface area contributed by atoms with E-state index in [0.717, 1.165) is 25.9 Å². The molecule has 2 nitrogen and oxygen atoms in total. The molecule has 0 spiro atoms. The van der Waals surface area contributed by atoms with E-state index < -0.39 is 0 Å². The minimum atomic E-state index is 0.176. The van der Waals surface area contributed by atoms with Crippen molar-refractivity contribution < 1.29 is 0 Å². The third-order valence-corrected chi connectivity index (χ3v) is 6.62. The Morgan fingerprint density at radius 1 is 1.04 bits per heavy atom. The molecule has 1 aliphatic rings. The molecule has 1 fully saturated rings. The molecule has 136 valence electrons. The second kappa shape index (κ2) is 7.40. The third-order valence-electron chi connectivity index (χ3n) is 5.72. The third kappa shape index (κ3) is 2.92. The lowest BCUT2D eigenvalue weighted by Crippen LogP contribution is -2.39. The van der Waals surface area contributed by atoms with E-state index in [1.807, 2.05) is 11.3 Å². The van der Waals surface area contributed by atoms with Gasteiger partial charge in [0.25, 0.3) is 0 Å². The fourth-order valence-corrected chi connectivity index (χ4v) is 5.24. The van der Waals surface area contributed by atoms with Gasteiger partial charge in [0.05, 0.1) is 0 Å². The monoisotopic (exact) mass is 364 g/mol. The Kier molecular flexibility index (Phi) is 4.99. The quantitative estimate of drug-likeness (QED) is 0.518. The molecule has 0 radical (unpaired) electrons. The Balaban J connectivity index is 1.84. The number of fused-ring (bicyclic) bond motifs is 1. The molecular weight excluding hydrogens is 336 g/mol. The van der Waals surface area contributed by atoms with Gasteiger partial charge >= 0.3 is 0 Å². The van der Waals surface area contributed by atoms with Crippen LogP contribution in [0.4, 0.5) is 0 Å². The van der Waals surface area contributed by atoms with Crippen molar-refractivity contribution in [2.75, 3.05) is 6.54 Å². The first-order chi connectivity index (χ1) is 12.8. The standard InChI is InChI=1S/C23H28N2S/c1-3-14-24-22-25(15-4-2)21(17-26-22)23(12-7-13-23)20-11-10-18-8-5-6-9-19(18)16-20/h5-6,8-11,16-17H,3-4,7,12-15H2,1-2H3. The fraction of sp³-hybridized carbons (Fsp3) is 0.435. The lowest BCUT2D eigenvalue weighted by atomic mass is 9.62. The van der Waals surface area contributed by atoms with Crippen molar-refractivity contribution in [1.82, 2.24) is 4.57 Å². The van der Waals surface area contributed by atoms with Crippen molar-refractivity contribution in [3.05, 3.63) is 63.9 Å². The highest BCUT2D eigenvalue weighted by molar-refractivity contribution is 7.07. The van der Waals surface area contributed by atoms with Gasteiger partial charge in [-0.1, -0.05) is 62.7 Å². The lowest BCUT2D eigenvalue weighted by molar-refractivity contribution is 0.282. The summed E-state index contributed by atoms with van der Waals surface area (Å²) in [5.41, 5.74) is 3.14. The van der Waals surface area contributed by atoms with Gasteiger partial charge < -0.3 is 4.57 Å². The minimum Gasteiger partial charge on any atom is -0.320 e. The van der Waals surface area contributed by atoms with E-state index in [-0.39, 0.29) is 5.41 Å². The van der Waals surface area contributed by atoms with Crippen molar-refractivity contribution in [3.63, 3.8) is 0 Å². The van der Waals surface area contributed by atoms with Crippen LogP contribution < -0.4 is 4.80 Å². The normalized spacial score (nSPS) is 16.8. The smallest absolute Gasteiger partial charge is 0.184 e. The van der Waals surface area contributed by atoms with Crippen LogP contribution in [0.1, 0.15) is 57.2 Å². The maximum atomic E-state index is 4.86. The zero-order valence-corrected chi connectivity index (χ0v) is 16.7. The summed E-state index contributed by atoms with van der Waals surface area (Å²) in [6.45, 7) is 6.45. The summed E-state index contributed by atoms with van der Waals surface area (Å²) >= 11 is 1.83. The predicted octanol–water partition coefficient (Wildman–Crippen LogP) is 5.89. The van der Waals surface area contributed by atoms with E-state index in [4.69, 9.17) is 4.99 Å². The summed E-state index contributed by atoms with van der Waals surface area (Å²) in [7, 11) is 0. The van der Waals surface area contributed by atoms with Gasteiger partial charge in [0, 0.05) is 29.6 Å². The van der Waals surface area contributed by atoms with Crippen molar-refractivity contribution >= 4 is 22.1 Å². The second-order valence-corrected chi connectivity index (χ2v) is 8.27. The zero-order valence-electron chi connectivity index (χ0n) is 15.9. The lowest BCUT2D eigenvalue weighted by Gasteiger charge is -2.43. The summed E-state index contributed by atoms with van der Waals surface area (Å²) in [6, 6.07) is 15.8. The second-order valence-electron chi connectivity index (χ2n) is 7.43. The summed E-state index contributed by atoms with van der Waals surface area (Å²) in [4.78, 5) is 6.07. The van der Waals surface area contributed by atoms with Gasteiger partial charge in [-0.3, -0.25) is 4.99 Å². The van der Waals surface area contributed by atoms with E-state index in [0.29, 0.717) is 0 Å². The van der Waals surface area contributed by atoms with Crippen LogP contribution in [-0.4, -0.2) is 11.1 Å².